The molecule has 0 aliphatic heterocycles. The third-order valence-corrected chi connectivity index (χ3v) is 4.00. The zero-order valence-electron chi connectivity index (χ0n) is 10.6. The van der Waals surface area contributed by atoms with Crippen molar-refractivity contribution in [3.05, 3.63) is 77.3 Å². The summed E-state index contributed by atoms with van der Waals surface area (Å²) < 4.78 is 1.84. The van der Waals surface area contributed by atoms with Crippen LogP contribution in [0.3, 0.4) is 0 Å². The second-order valence-electron chi connectivity index (χ2n) is 4.96. The Kier molecular flexibility index (Phi) is 2.60. The van der Waals surface area contributed by atoms with Gasteiger partial charge in [-0.25, -0.2) is 9.50 Å². The number of imidazole rings is 1. The number of nitrogens with zero attached hydrogens (tertiary/aromatic N) is 3. The van der Waals surface area contributed by atoms with Gasteiger partial charge in [-0.1, -0.05) is 54.1 Å². The monoisotopic (exact) mass is 281 g/mol. The molecular formula is C16H12ClN3. The van der Waals surface area contributed by atoms with E-state index in [1.54, 1.807) is 6.07 Å². The largest absolute Gasteiger partial charge is 0.235 e. The quantitative estimate of drug-likeness (QED) is 0.798. The van der Waals surface area contributed by atoms with Gasteiger partial charge in [-0.05, 0) is 17.7 Å². The molecule has 2 atom stereocenters. The molecule has 0 spiro atoms. The first kappa shape index (κ1) is 11.7. The smallest absolute Gasteiger partial charge is 0.153 e. The van der Waals surface area contributed by atoms with Crippen LogP contribution in [0.4, 0.5) is 0 Å². The molecule has 3 nitrogen and oxygen atoms in total. The molecule has 4 heteroatoms. The minimum absolute atomic E-state index is 0.233. The van der Waals surface area contributed by atoms with Crippen LogP contribution in [0.15, 0.2) is 66.4 Å². The first-order chi connectivity index (χ1) is 9.83. The normalized spacial score (nSPS) is 23.9. The summed E-state index contributed by atoms with van der Waals surface area (Å²) in [6, 6.07) is 3.65. The van der Waals surface area contributed by atoms with Crippen LogP contribution < -0.4 is 0 Å². The lowest BCUT2D eigenvalue weighted by molar-refractivity contribution is 0.633. The average Bonchev–Trinajstić information content (AvgIpc) is 2.89. The number of allylic oxidation sites excluding steroid dienone is 8. The Morgan fingerprint density at radius 1 is 1.05 bits per heavy atom. The van der Waals surface area contributed by atoms with Crippen molar-refractivity contribution in [2.24, 2.45) is 5.92 Å². The van der Waals surface area contributed by atoms with E-state index in [2.05, 4.69) is 52.6 Å². The van der Waals surface area contributed by atoms with E-state index in [4.69, 9.17) is 11.6 Å². The first-order valence-corrected chi connectivity index (χ1v) is 6.94. The molecule has 20 heavy (non-hydrogen) atoms. The van der Waals surface area contributed by atoms with Gasteiger partial charge in [0.2, 0.25) is 0 Å². The molecule has 2 heterocycles. The van der Waals surface area contributed by atoms with E-state index in [1.165, 1.54) is 5.57 Å². The molecule has 0 saturated heterocycles. The zero-order chi connectivity index (χ0) is 13.5. The Morgan fingerprint density at radius 2 is 1.95 bits per heavy atom. The van der Waals surface area contributed by atoms with Gasteiger partial charge in [0.05, 0.1) is 11.9 Å². The number of aromatic nitrogens is 3. The van der Waals surface area contributed by atoms with E-state index in [1.807, 2.05) is 16.8 Å². The highest BCUT2D eigenvalue weighted by Crippen LogP contribution is 2.37. The molecule has 0 N–H and O–H groups in total. The third-order valence-electron chi connectivity index (χ3n) is 3.79. The Morgan fingerprint density at radius 3 is 2.90 bits per heavy atom. The summed E-state index contributed by atoms with van der Waals surface area (Å²) >= 11 is 6.01. The van der Waals surface area contributed by atoms with Gasteiger partial charge >= 0.3 is 0 Å². The first-order valence-electron chi connectivity index (χ1n) is 6.56. The van der Waals surface area contributed by atoms with E-state index in [0.717, 1.165) is 11.3 Å². The molecule has 2 aliphatic rings. The molecule has 0 bridgehead atoms. The second-order valence-corrected chi connectivity index (χ2v) is 5.34. The SMILES string of the molecule is Clc1ccc2ncc(C3C=CC=C4C=CC=CC43)n2n1. The van der Waals surface area contributed by atoms with Crippen molar-refractivity contribution < 1.29 is 0 Å². The van der Waals surface area contributed by atoms with E-state index in [0.29, 0.717) is 11.1 Å². The van der Waals surface area contributed by atoms with Crippen LogP contribution in [0.1, 0.15) is 11.6 Å². The highest BCUT2D eigenvalue weighted by atomic mass is 35.5. The minimum Gasteiger partial charge on any atom is -0.235 e. The number of hydrogen-bond donors (Lipinski definition) is 0. The van der Waals surface area contributed by atoms with Crippen molar-refractivity contribution in [2.45, 2.75) is 5.92 Å². The van der Waals surface area contributed by atoms with Crippen LogP contribution in [0.5, 0.6) is 0 Å². The summed E-state index contributed by atoms with van der Waals surface area (Å²) in [4.78, 5) is 4.42. The predicted molar refractivity (Wildman–Crippen MR) is 79.7 cm³/mol. The van der Waals surface area contributed by atoms with Gasteiger partial charge in [0, 0.05) is 11.8 Å². The van der Waals surface area contributed by atoms with Gasteiger partial charge < -0.3 is 0 Å². The summed E-state index contributed by atoms with van der Waals surface area (Å²) in [7, 11) is 0. The average molecular weight is 282 g/mol. The molecule has 2 unspecified atom stereocenters. The van der Waals surface area contributed by atoms with Crippen LogP contribution in [0.2, 0.25) is 5.15 Å². The molecule has 0 amide bonds. The topological polar surface area (TPSA) is 30.2 Å². The molecule has 0 aromatic carbocycles. The van der Waals surface area contributed by atoms with Crippen molar-refractivity contribution in [3.63, 3.8) is 0 Å². The Bertz CT molecular complexity index is 795. The van der Waals surface area contributed by atoms with Crippen molar-refractivity contribution in [2.75, 3.05) is 0 Å². The van der Waals surface area contributed by atoms with Crippen molar-refractivity contribution in [1.82, 2.24) is 14.6 Å². The van der Waals surface area contributed by atoms with Gasteiger partial charge in [0.15, 0.2) is 5.65 Å². The van der Waals surface area contributed by atoms with Gasteiger partial charge in [0.25, 0.3) is 0 Å². The van der Waals surface area contributed by atoms with Crippen molar-refractivity contribution in [1.29, 1.82) is 0 Å². The molecule has 4 rings (SSSR count). The minimum atomic E-state index is 0.233. The van der Waals surface area contributed by atoms with Crippen LogP contribution in [-0.2, 0) is 0 Å². The number of fused-ring (bicyclic) bond motifs is 2. The lowest BCUT2D eigenvalue weighted by atomic mass is 9.78. The Labute approximate surface area is 121 Å². The highest BCUT2D eigenvalue weighted by Gasteiger charge is 2.27. The molecule has 0 radical (unpaired) electrons. The maximum absolute atomic E-state index is 6.01. The van der Waals surface area contributed by atoms with E-state index >= 15 is 0 Å². The fourth-order valence-electron chi connectivity index (χ4n) is 2.85. The van der Waals surface area contributed by atoms with Gasteiger partial charge in [-0.2, -0.15) is 5.10 Å². The molecule has 2 aromatic rings. The summed E-state index contributed by atoms with van der Waals surface area (Å²) in [5.41, 5.74) is 3.20. The second kappa shape index (κ2) is 4.46. The molecular weight excluding hydrogens is 270 g/mol. The molecule has 2 aliphatic carbocycles. The van der Waals surface area contributed by atoms with E-state index < -0.39 is 0 Å². The maximum atomic E-state index is 6.01. The van der Waals surface area contributed by atoms with Crippen molar-refractivity contribution in [3.8, 4) is 0 Å². The zero-order valence-corrected chi connectivity index (χ0v) is 11.4. The van der Waals surface area contributed by atoms with E-state index in [9.17, 15) is 0 Å². The third kappa shape index (κ3) is 1.74. The summed E-state index contributed by atoms with van der Waals surface area (Å²) in [6.07, 6.45) is 16.9. The van der Waals surface area contributed by atoms with Crippen LogP contribution in [0.25, 0.3) is 5.65 Å². The molecule has 98 valence electrons. The Hall–Kier alpha value is -2.13. The molecule has 2 aromatic heterocycles. The lowest BCUT2D eigenvalue weighted by Crippen LogP contribution is -2.16. The lowest BCUT2D eigenvalue weighted by Gasteiger charge is -2.26. The molecule has 0 saturated carbocycles. The fourth-order valence-corrected chi connectivity index (χ4v) is 2.99. The summed E-state index contributed by atoms with van der Waals surface area (Å²) in [6.45, 7) is 0. The van der Waals surface area contributed by atoms with Crippen LogP contribution in [-0.4, -0.2) is 14.6 Å². The van der Waals surface area contributed by atoms with Gasteiger partial charge in [0.1, 0.15) is 5.15 Å². The number of rotatable bonds is 1. The summed E-state index contributed by atoms with van der Waals surface area (Å²) in [5.74, 6) is 0.572. The standard InChI is InChI=1S/C16H12ClN3/c17-15-8-9-16-18-10-14(20(16)19-15)13-7-3-5-11-4-1-2-6-12(11)13/h1-10,12-13H. The van der Waals surface area contributed by atoms with Gasteiger partial charge in [-0.15, -0.1) is 0 Å². The van der Waals surface area contributed by atoms with Gasteiger partial charge in [-0.3, -0.25) is 0 Å². The Balaban J connectivity index is 1.85. The highest BCUT2D eigenvalue weighted by molar-refractivity contribution is 6.29. The fraction of sp³-hybridized carbons (Fsp3) is 0.125. The number of hydrogen-bond acceptors (Lipinski definition) is 2. The maximum Gasteiger partial charge on any atom is 0.153 e. The predicted octanol–water partition coefficient (Wildman–Crippen LogP) is 3.70. The van der Waals surface area contributed by atoms with Crippen molar-refractivity contribution >= 4 is 17.2 Å². The van der Waals surface area contributed by atoms with Crippen LogP contribution >= 0.6 is 11.6 Å². The molecule has 0 fully saturated rings. The van der Waals surface area contributed by atoms with Crippen LogP contribution in [0, 0.1) is 5.92 Å². The summed E-state index contributed by atoms with van der Waals surface area (Å²) in [5, 5.41) is 4.85. The number of halogens is 1. The van der Waals surface area contributed by atoms with E-state index in [-0.39, 0.29) is 5.92 Å².